The summed E-state index contributed by atoms with van der Waals surface area (Å²) in [5.41, 5.74) is 1.94. The van der Waals surface area contributed by atoms with Crippen LogP contribution >= 0.6 is 0 Å². The van der Waals surface area contributed by atoms with Crippen LogP contribution in [0.15, 0.2) is 48.5 Å². The van der Waals surface area contributed by atoms with Crippen LogP contribution in [0.25, 0.3) is 0 Å². The lowest BCUT2D eigenvalue weighted by molar-refractivity contribution is -0.138. The molecule has 0 saturated carbocycles. The Morgan fingerprint density at radius 3 is 2.55 bits per heavy atom. The molecule has 1 aliphatic heterocycles. The molecule has 2 N–H and O–H groups in total. The molecular formula is C22H25FN2O4. The van der Waals surface area contributed by atoms with E-state index >= 15 is 0 Å². The molecule has 1 atom stereocenters. The first-order valence-electron chi connectivity index (χ1n) is 9.72. The fourth-order valence-electron chi connectivity index (χ4n) is 3.52. The minimum absolute atomic E-state index is 0.0479. The summed E-state index contributed by atoms with van der Waals surface area (Å²) in [6, 6.07) is 12.8. The van der Waals surface area contributed by atoms with Gasteiger partial charge in [-0.25, -0.2) is 14.2 Å². The highest BCUT2D eigenvalue weighted by atomic mass is 19.1. The maximum Gasteiger partial charge on any atom is 0.335 e. The van der Waals surface area contributed by atoms with Gasteiger partial charge in [0.1, 0.15) is 5.82 Å². The summed E-state index contributed by atoms with van der Waals surface area (Å²) in [5.74, 6) is -1.23. The molecule has 1 fully saturated rings. The van der Waals surface area contributed by atoms with E-state index in [1.807, 2.05) is 5.01 Å². The highest BCUT2D eigenvalue weighted by Gasteiger charge is 2.28. The van der Waals surface area contributed by atoms with Crippen molar-refractivity contribution in [2.45, 2.75) is 31.8 Å². The lowest BCUT2D eigenvalue weighted by atomic mass is 10.1. The molecule has 0 aliphatic carbocycles. The van der Waals surface area contributed by atoms with Gasteiger partial charge in [-0.05, 0) is 54.7 Å². The predicted octanol–water partition coefficient (Wildman–Crippen LogP) is 2.51. The number of carbonyl (C=O) groups excluding carboxylic acids is 1. The number of carboxylic acid groups (broad SMARTS) is 1. The number of halogens is 1. The molecule has 0 aromatic heterocycles. The summed E-state index contributed by atoms with van der Waals surface area (Å²) in [6.07, 6.45) is 1.30. The number of rotatable bonds is 9. The maximum atomic E-state index is 13.3. The van der Waals surface area contributed by atoms with Crippen molar-refractivity contribution >= 4 is 11.9 Å². The minimum Gasteiger partial charge on any atom is -0.478 e. The number of nitrogens with zero attached hydrogens (tertiary/aromatic N) is 2. The number of aliphatic hydroxyl groups excluding tert-OH is 1. The molecule has 3 rings (SSSR count). The third-order valence-electron chi connectivity index (χ3n) is 5.11. The molecule has 2 aromatic rings. The normalized spacial score (nSPS) is 15.7. The maximum absolute atomic E-state index is 13.3. The van der Waals surface area contributed by atoms with Gasteiger partial charge in [0, 0.05) is 26.1 Å². The number of aliphatic hydroxyl groups is 1. The third-order valence-corrected chi connectivity index (χ3v) is 5.11. The first-order chi connectivity index (χ1) is 13.9. The van der Waals surface area contributed by atoms with E-state index < -0.39 is 12.1 Å². The van der Waals surface area contributed by atoms with Crippen LogP contribution in [0.4, 0.5) is 4.39 Å². The van der Waals surface area contributed by atoms with E-state index in [4.69, 9.17) is 5.11 Å². The summed E-state index contributed by atoms with van der Waals surface area (Å²) >= 11 is 0. The SMILES string of the molecule is O=C(O)c1ccc(CCN2C(=O)CCN2CCC(O)Cc2cccc(F)c2)cc1. The van der Waals surface area contributed by atoms with Crippen LogP contribution in [0.1, 0.15) is 34.3 Å². The Morgan fingerprint density at radius 1 is 1.10 bits per heavy atom. The first-order valence-corrected chi connectivity index (χ1v) is 9.72. The molecular weight excluding hydrogens is 375 g/mol. The molecule has 0 bridgehead atoms. The molecule has 1 amide bonds. The molecule has 6 nitrogen and oxygen atoms in total. The molecule has 29 heavy (non-hydrogen) atoms. The summed E-state index contributed by atoms with van der Waals surface area (Å²) in [7, 11) is 0. The van der Waals surface area contributed by atoms with Crippen LogP contribution in [-0.4, -0.2) is 57.8 Å². The smallest absolute Gasteiger partial charge is 0.335 e. The van der Waals surface area contributed by atoms with E-state index in [0.717, 1.165) is 11.1 Å². The first kappa shape index (κ1) is 21.0. The van der Waals surface area contributed by atoms with E-state index in [-0.39, 0.29) is 17.3 Å². The minimum atomic E-state index is -0.964. The Labute approximate surface area is 169 Å². The van der Waals surface area contributed by atoms with Crippen LogP contribution in [0.5, 0.6) is 0 Å². The van der Waals surface area contributed by atoms with Crippen molar-refractivity contribution in [2.75, 3.05) is 19.6 Å². The Bertz CT molecular complexity index is 856. The number of carbonyl (C=O) groups is 2. The zero-order chi connectivity index (χ0) is 20.8. The standard InChI is InChI=1S/C22H25FN2O4/c23-19-3-1-2-17(14-19)15-20(26)9-11-24-12-10-21(27)25(24)13-8-16-4-6-18(7-5-16)22(28)29/h1-7,14,20,26H,8-13,15H2,(H,28,29). The van der Waals surface area contributed by atoms with Gasteiger partial charge in [0.05, 0.1) is 11.7 Å². The van der Waals surface area contributed by atoms with Crippen molar-refractivity contribution in [3.8, 4) is 0 Å². The second kappa shape index (κ2) is 9.62. The van der Waals surface area contributed by atoms with Gasteiger partial charge in [0.2, 0.25) is 5.91 Å². The highest BCUT2D eigenvalue weighted by Crippen LogP contribution is 2.16. The fraction of sp³-hybridized carbons (Fsp3) is 0.364. The highest BCUT2D eigenvalue weighted by molar-refractivity contribution is 5.87. The Balaban J connectivity index is 1.49. The van der Waals surface area contributed by atoms with E-state index in [1.54, 1.807) is 41.4 Å². The topological polar surface area (TPSA) is 81.1 Å². The number of carboxylic acids is 1. The van der Waals surface area contributed by atoms with Gasteiger partial charge in [0.15, 0.2) is 0 Å². The monoisotopic (exact) mass is 400 g/mol. The molecule has 154 valence electrons. The number of hydrogen-bond acceptors (Lipinski definition) is 4. The predicted molar refractivity (Wildman–Crippen MR) is 106 cm³/mol. The van der Waals surface area contributed by atoms with Gasteiger partial charge < -0.3 is 10.2 Å². The van der Waals surface area contributed by atoms with E-state index in [0.29, 0.717) is 45.3 Å². The zero-order valence-electron chi connectivity index (χ0n) is 16.1. The molecule has 1 aliphatic rings. The van der Waals surface area contributed by atoms with Crippen LogP contribution in [-0.2, 0) is 17.6 Å². The summed E-state index contributed by atoms with van der Waals surface area (Å²) in [5, 5.41) is 22.9. The summed E-state index contributed by atoms with van der Waals surface area (Å²) in [4.78, 5) is 23.2. The molecule has 2 aromatic carbocycles. The molecule has 7 heteroatoms. The number of hydrazine groups is 1. The number of benzene rings is 2. The van der Waals surface area contributed by atoms with E-state index in [2.05, 4.69) is 0 Å². The van der Waals surface area contributed by atoms with Gasteiger partial charge >= 0.3 is 5.97 Å². The largest absolute Gasteiger partial charge is 0.478 e. The fourth-order valence-corrected chi connectivity index (χ4v) is 3.52. The number of amides is 1. The van der Waals surface area contributed by atoms with Gasteiger partial charge in [-0.1, -0.05) is 24.3 Å². The van der Waals surface area contributed by atoms with Crippen molar-refractivity contribution in [3.05, 3.63) is 71.0 Å². The average molecular weight is 400 g/mol. The van der Waals surface area contributed by atoms with Crippen molar-refractivity contribution in [2.24, 2.45) is 0 Å². The lowest BCUT2D eigenvalue weighted by Gasteiger charge is -2.28. The van der Waals surface area contributed by atoms with E-state index in [1.165, 1.54) is 12.1 Å². The van der Waals surface area contributed by atoms with Crippen molar-refractivity contribution in [3.63, 3.8) is 0 Å². The van der Waals surface area contributed by atoms with Crippen LogP contribution in [0.2, 0.25) is 0 Å². The molecule has 0 radical (unpaired) electrons. The summed E-state index contributed by atoms with van der Waals surface area (Å²) < 4.78 is 13.3. The van der Waals surface area contributed by atoms with Crippen LogP contribution in [0.3, 0.4) is 0 Å². The van der Waals surface area contributed by atoms with Gasteiger partial charge in [0.25, 0.3) is 0 Å². The molecule has 0 spiro atoms. The molecule has 1 heterocycles. The average Bonchev–Trinajstić information content (AvgIpc) is 3.04. The Kier molecular flexibility index (Phi) is 6.95. The van der Waals surface area contributed by atoms with Crippen molar-refractivity contribution in [1.82, 2.24) is 10.0 Å². The molecule has 1 saturated heterocycles. The van der Waals surface area contributed by atoms with Crippen molar-refractivity contribution < 1.29 is 24.2 Å². The van der Waals surface area contributed by atoms with Gasteiger partial charge in [-0.2, -0.15) is 0 Å². The number of aromatic carboxylic acids is 1. The Morgan fingerprint density at radius 2 is 1.86 bits per heavy atom. The Hall–Kier alpha value is -2.77. The third kappa shape index (κ3) is 5.85. The number of hydrogen-bond donors (Lipinski definition) is 2. The van der Waals surface area contributed by atoms with Gasteiger partial charge in [-0.15, -0.1) is 0 Å². The summed E-state index contributed by atoms with van der Waals surface area (Å²) in [6.45, 7) is 1.66. The quantitative estimate of drug-likeness (QED) is 0.676. The van der Waals surface area contributed by atoms with Crippen molar-refractivity contribution in [1.29, 1.82) is 0 Å². The molecule has 1 unspecified atom stereocenters. The second-order valence-electron chi connectivity index (χ2n) is 7.25. The van der Waals surface area contributed by atoms with Gasteiger partial charge in [-0.3, -0.25) is 9.80 Å². The van der Waals surface area contributed by atoms with Crippen LogP contribution in [0, 0.1) is 5.82 Å². The zero-order valence-corrected chi connectivity index (χ0v) is 16.1. The van der Waals surface area contributed by atoms with E-state index in [9.17, 15) is 19.1 Å². The second-order valence-corrected chi connectivity index (χ2v) is 7.25. The lowest BCUT2D eigenvalue weighted by Crippen LogP contribution is -2.41. The van der Waals surface area contributed by atoms with Crippen LogP contribution < -0.4 is 0 Å².